The number of likely N-dealkylation sites (N-methyl/N-ethyl adjacent to an activating group) is 1. The SMILES string of the molecule is CN(CCc1ccncc1)C(=O)CCOC1CCNCC1. The molecule has 1 aromatic heterocycles. The van der Waals surface area contributed by atoms with Crippen LogP contribution in [0.1, 0.15) is 24.8 Å². The van der Waals surface area contributed by atoms with Crippen LogP contribution in [-0.4, -0.2) is 55.2 Å². The average Bonchev–Trinajstić information content (AvgIpc) is 2.54. The number of ether oxygens (including phenoxy) is 1. The first-order valence-corrected chi connectivity index (χ1v) is 7.71. The van der Waals surface area contributed by atoms with Gasteiger partial charge in [-0.3, -0.25) is 9.78 Å². The number of rotatable bonds is 7. The molecule has 5 heteroatoms. The van der Waals surface area contributed by atoms with Gasteiger partial charge in [0.15, 0.2) is 0 Å². The van der Waals surface area contributed by atoms with Gasteiger partial charge in [0.25, 0.3) is 0 Å². The molecule has 2 rings (SSSR count). The smallest absolute Gasteiger partial charge is 0.224 e. The highest BCUT2D eigenvalue weighted by molar-refractivity contribution is 5.75. The summed E-state index contributed by atoms with van der Waals surface area (Å²) >= 11 is 0. The second kappa shape index (κ2) is 8.74. The zero-order valence-corrected chi connectivity index (χ0v) is 12.8. The maximum Gasteiger partial charge on any atom is 0.224 e. The van der Waals surface area contributed by atoms with Crippen LogP contribution in [0.4, 0.5) is 0 Å². The van der Waals surface area contributed by atoms with Crippen molar-refractivity contribution in [1.82, 2.24) is 15.2 Å². The second-order valence-electron chi connectivity index (χ2n) is 5.49. The van der Waals surface area contributed by atoms with E-state index in [2.05, 4.69) is 10.3 Å². The summed E-state index contributed by atoms with van der Waals surface area (Å²) in [4.78, 5) is 17.8. The molecular formula is C16H25N3O2. The molecule has 1 aliphatic heterocycles. The van der Waals surface area contributed by atoms with Gasteiger partial charge in [0.05, 0.1) is 19.1 Å². The van der Waals surface area contributed by atoms with Crippen LogP contribution in [0.2, 0.25) is 0 Å². The highest BCUT2D eigenvalue weighted by Gasteiger charge is 2.14. The van der Waals surface area contributed by atoms with Crippen LogP contribution in [0.5, 0.6) is 0 Å². The van der Waals surface area contributed by atoms with E-state index in [4.69, 9.17) is 4.74 Å². The van der Waals surface area contributed by atoms with Crippen molar-refractivity contribution in [2.75, 3.05) is 33.3 Å². The Morgan fingerprint density at radius 2 is 2.10 bits per heavy atom. The fraction of sp³-hybridized carbons (Fsp3) is 0.625. The molecule has 1 aliphatic rings. The fourth-order valence-electron chi connectivity index (χ4n) is 2.44. The quantitative estimate of drug-likeness (QED) is 0.821. The summed E-state index contributed by atoms with van der Waals surface area (Å²) < 4.78 is 5.77. The van der Waals surface area contributed by atoms with Crippen molar-refractivity contribution < 1.29 is 9.53 Å². The van der Waals surface area contributed by atoms with Crippen LogP contribution in [0, 0.1) is 0 Å². The molecule has 0 aliphatic carbocycles. The number of carbonyl (C=O) groups excluding carboxylic acids is 1. The predicted molar refractivity (Wildman–Crippen MR) is 82.0 cm³/mol. The Bertz CT molecular complexity index is 419. The Hall–Kier alpha value is -1.46. The fourth-order valence-corrected chi connectivity index (χ4v) is 2.44. The van der Waals surface area contributed by atoms with Crippen molar-refractivity contribution in [3.63, 3.8) is 0 Å². The Morgan fingerprint density at radius 3 is 2.81 bits per heavy atom. The molecule has 2 heterocycles. The van der Waals surface area contributed by atoms with E-state index in [0.717, 1.165) is 38.9 Å². The summed E-state index contributed by atoms with van der Waals surface area (Å²) in [6, 6.07) is 3.97. The zero-order valence-electron chi connectivity index (χ0n) is 12.8. The molecule has 1 saturated heterocycles. The number of pyridine rings is 1. The average molecular weight is 291 g/mol. The third-order valence-electron chi connectivity index (χ3n) is 3.87. The van der Waals surface area contributed by atoms with E-state index < -0.39 is 0 Å². The molecule has 0 spiro atoms. The largest absolute Gasteiger partial charge is 0.378 e. The number of aromatic nitrogens is 1. The molecule has 0 bridgehead atoms. The molecule has 5 nitrogen and oxygen atoms in total. The summed E-state index contributed by atoms with van der Waals surface area (Å²) in [6.45, 7) is 3.30. The lowest BCUT2D eigenvalue weighted by Crippen LogP contribution is -2.34. The minimum absolute atomic E-state index is 0.151. The minimum Gasteiger partial charge on any atom is -0.378 e. The Balaban J connectivity index is 1.60. The van der Waals surface area contributed by atoms with Gasteiger partial charge < -0.3 is 15.0 Å². The maximum atomic E-state index is 12.0. The molecule has 21 heavy (non-hydrogen) atoms. The van der Waals surface area contributed by atoms with E-state index in [1.807, 2.05) is 19.2 Å². The number of hydrogen-bond acceptors (Lipinski definition) is 4. The van der Waals surface area contributed by atoms with E-state index in [-0.39, 0.29) is 5.91 Å². The highest BCUT2D eigenvalue weighted by Crippen LogP contribution is 2.08. The van der Waals surface area contributed by atoms with Crippen LogP contribution in [-0.2, 0) is 16.0 Å². The van der Waals surface area contributed by atoms with Crippen molar-refractivity contribution >= 4 is 5.91 Å². The summed E-state index contributed by atoms with van der Waals surface area (Å²) in [7, 11) is 1.86. The van der Waals surface area contributed by atoms with Gasteiger partial charge in [0, 0.05) is 26.0 Å². The van der Waals surface area contributed by atoms with Crippen LogP contribution in [0.15, 0.2) is 24.5 Å². The normalized spacial score (nSPS) is 15.9. The monoisotopic (exact) mass is 291 g/mol. The topological polar surface area (TPSA) is 54.5 Å². The summed E-state index contributed by atoms with van der Waals surface area (Å²) in [5.74, 6) is 0.151. The van der Waals surface area contributed by atoms with Gasteiger partial charge >= 0.3 is 0 Å². The number of nitrogens with one attached hydrogen (secondary N) is 1. The van der Waals surface area contributed by atoms with Crippen molar-refractivity contribution in [2.24, 2.45) is 0 Å². The van der Waals surface area contributed by atoms with E-state index in [9.17, 15) is 4.79 Å². The van der Waals surface area contributed by atoms with Crippen molar-refractivity contribution in [1.29, 1.82) is 0 Å². The lowest BCUT2D eigenvalue weighted by atomic mass is 10.1. The van der Waals surface area contributed by atoms with Crippen molar-refractivity contribution in [3.8, 4) is 0 Å². The molecule has 0 unspecified atom stereocenters. The summed E-state index contributed by atoms with van der Waals surface area (Å²) in [5.41, 5.74) is 1.20. The van der Waals surface area contributed by atoms with E-state index in [1.54, 1.807) is 17.3 Å². The maximum absolute atomic E-state index is 12.0. The van der Waals surface area contributed by atoms with E-state index in [0.29, 0.717) is 19.1 Å². The van der Waals surface area contributed by atoms with Crippen LogP contribution >= 0.6 is 0 Å². The summed E-state index contributed by atoms with van der Waals surface area (Å²) in [6.07, 6.45) is 7.31. The molecule has 1 amide bonds. The van der Waals surface area contributed by atoms with Gasteiger partial charge in [0.2, 0.25) is 5.91 Å². The Morgan fingerprint density at radius 1 is 1.38 bits per heavy atom. The first-order chi connectivity index (χ1) is 10.3. The minimum atomic E-state index is 0.151. The number of carbonyl (C=O) groups is 1. The van der Waals surface area contributed by atoms with Gasteiger partial charge in [-0.1, -0.05) is 0 Å². The molecule has 116 valence electrons. The second-order valence-corrected chi connectivity index (χ2v) is 5.49. The van der Waals surface area contributed by atoms with Crippen LogP contribution < -0.4 is 5.32 Å². The third kappa shape index (κ3) is 5.81. The van der Waals surface area contributed by atoms with E-state index >= 15 is 0 Å². The lowest BCUT2D eigenvalue weighted by molar-refractivity contribution is -0.131. The van der Waals surface area contributed by atoms with Crippen LogP contribution in [0.25, 0.3) is 0 Å². The number of nitrogens with zero attached hydrogens (tertiary/aromatic N) is 2. The van der Waals surface area contributed by atoms with Gasteiger partial charge in [0.1, 0.15) is 0 Å². The first kappa shape index (κ1) is 15.9. The van der Waals surface area contributed by atoms with Gasteiger partial charge in [-0.25, -0.2) is 0 Å². The first-order valence-electron chi connectivity index (χ1n) is 7.71. The van der Waals surface area contributed by atoms with E-state index in [1.165, 1.54) is 5.56 Å². The highest BCUT2D eigenvalue weighted by atomic mass is 16.5. The molecule has 0 atom stereocenters. The van der Waals surface area contributed by atoms with Crippen LogP contribution in [0.3, 0.4) is 0 Å². The van der Waals surface area contributed by atoms with Crippen molar-refractivity contribution in [3.05, 3.63) is 30.1 Å². The molecule has 0 aromatic carbocycles. The molecular weight excluding hydrogens is 266 g/mol. The van der Waals surface area contributed by atoms with Gasteiger partial charge in [-0.15, -0.1) is 0 Å². The molecule has 0 saturated carbocycles. The molecule has 0 radical (unpaired) electrons. The zero-order chi connectivity index (χ0) is 14.9. The number of piperidine rings is 1. The summed E-state index contributed by atoms with van der Waals surface area (Å²) in [5, 5.41) is 3.30. The molecule has 1 N–H and O–H groups in total. The van der Waals surface area contributed by atoms with Gasteiger partial charge in [-0.2, -0.15) is 0 Å². The predicted octanol–water partition coefficient (Wildman–Crippen LogP) is 1.24. The molecule has 1 fully saturated rings. The standard InChI is InChI=1S/C16H25N3O2/c1-19(12-6-14-2-8-17-9-3-14)16(20)7-13-21-15-4-10-18-11-5-15/h2-3,8-9,15,18H,4-7,10-13H2,1H3. The third-order valence-corrected chi connectivity index (χ3v) is 3.87. The van der Waals surface area contributed by atoms with Gasteiger partial charge in [-0.05, 0) is 50.0 Å². The number of hydrogen-bond donors (Lipinski definition) is 1. The lowest BCUT2D eigenvalue weighted by Gasteiger charge is -2.23. The Kier molecular flexibility index (Phi) is 6.63. The molecule has 1 aromatic rings. The Labute approximate surface area is 126 Å². The number of amides is 1. The van der Waals surface area contributed by atoms with Crippen molar-refractivity contribution in [2.45, 2.75) is 31.8 Å².